The minimum atomic E-state index is -0.0349. The van der Waals surface area contributed by atoms with Gasteiger partial charge in [-0.1, -0.05) is 0 Å². The fourth-order valence-corrected chi connectivity index (χ4v) is 4.20. The summed E-state index contributed by atoms with van der Waals surface area (Å²) < 4.78 is 11.3. The molecular weight excluding hydrogens is 330 g/mol. The summed E-state index contributed by atoms with van der Waals surface area (Å²) in [6.45, 7) is 18.1. The number of nitrogens with one attached hydrogen (secondary N) is 1. The van der Waals surface area contributed by atoms with Crippen molar-refractivity contribution in [1.82, 2.24) is 20.0 Å². The summed E-state index contributed by atoms with van der Waals surface area (Å²) in [5.74, 6) is 1.08. The maximum atomic E-state index is 5.80. The van der Waals surface area contributed by atoms with Gasteiger partial charge < -0.3 is 19.7 Å². The third-order valence-corrected chi connectivity index (χ3v) is 5.54. The number of ether oxygens (including phenoxy) is 2. The van der Waals surface area contributed by atoms with Crippen molar-refractivity contribution in [3.63, 3.8) is 0 Å². The Bertz CT molecular complexity index is 465. The molecule has 0 aliphatic carbocycles. The van der Waals surface area contributed by atoms with Crippen LogP contribution in [0.15, 0.2) is 4.99 Å². The Balaban J connectivity index is 1.49. The largest absolute Gasteiger partial charge is 0.379 e. The van der Waals surface area contributed by atoms with Gasteiger partial charge in [0.2, 0.25) is 0 Å². The summed E-state index contributed by atoms with van der Waals surface area (Å²) >= 11 is 0. The Labute approximate surface area is 158 Å². The van der Waals surface area contributed by atoms with Gasteiger partial charge in [0.1, 0.15) is 0 Å². The number of likely N-dealkylation sites (tertiary alicyclic amines) is 1. The number of guanidine groups is 1. The molecule has 0 aromatic rings. The molecule has 26 heavy (non-hydrogen) atoms. The lowest BCUT2D eigenvalue weighted by molar-refractivity contribution is -0.0850. The fraction of sp³-hybridized carbons (Fsp3) is 0.947. The lowest BCUT2D eigenvalue weighted by atomic mass is 10.1. The van der Waals surface area contributed by atoms with E-state index in [9.17, 15) is 0 Å². The molecule has 3 rings (SSSR count). The van der Waals surface area contributed by atoms with E-state index < -0.39 is 0 Å². The monoisotopic (exact) mass is 367 g/mol. The molecule has 150 valence electrons. The van der Waals surface area contributed by atoms with Gasteiger partial charge >= 0.3 is 0 Å². The topological polar surface area (TPSA) is 52.6 Å². The van der Waals surface area contributed by atoms with Gasteiger partial charge in [0, 0.05) is 58.4 Å². The summed E-state index contributed by atoms with van der Waals surface area (Å²) in [5.41, 5.74) is -0.0349. The lowest BCUT2D eigenvalue weighted by Gasteiger charge is -2.38. The average molecular weight is 368 g/mol. The smallest absolute Gasteiger partial charge is 0.194 e. The summed E-state index contributed by atoms with van der Waals surface area (Å²) in [4.78, 5) is 12.4. The third-order valence-electron chi connectivity index (χ3n) is 5.54. The van der Waals surface area contributed by atoms with Crippen LogP contribution in [0.4, 0.5) is 0 Å². The van der Waals surface area contributed by atoms with Crippen LogP contribution in [-0.2, 0) is 9.47 Å². The van der Waals surface area contributed by atoms with Crippen molar-refractivity contribution in [1.29, 1.82) is 0 Å². The molecule has 7 nitrogen and oxygen atoms in total. The van der Waals surface area contributed by atoms with E-state index in [1.54, 1.807) is 0 Å². The maximum Gasteiger partial charge on any atom is 0.194 e. The molecule has 0 amide bonds. The molecule has 0 saturated carbocycles. The van der Waals surface area contributed by atoms with Crippen molar-refractivity contribution in [2.45, 2.75) is 38.8 Å². The molecule has 0 aromatic carbocycles. The average Bonchev–Trinajstić information content (AvgIpc) is 3.11. The van der Waals surface area contributed by atoms with Gasteiger partial charge in [-0.2, -0.15) is 0 Å². The Kier molecular flexibility index (Phi) is 7.14. The Morgan fingerprint density at radius 2 is 1.96 bits per heavy atom. The van der Waals surface area contributed by atoms with Crippen LogP contribution in [0, 0.1) is 0 Å². The summed E-state index contributed by atoms with van der Waals surface area (Å²) in [7, 11) is 0. The molecule has 1 unspecified atom stereocenters. The second kappa shape index (κ2) is 9.35. The Hall–Kier alpha value is -0.890. The Morgan fingerprint density at radius 1 is 1.15 bits per heavy atom. The zero-order valence-corrected chi connectivity index (χ0v) is 16.9. The molecule has 7 heteroatoms. The summed E-state index contributed by atoms with van der Waals surface area (Å²) in [6, 6.07) is 0.641. The minimum absolute atomic E-state index is 0.0349. The molecule has 1 atom stereocenters. The van der Waals surface area contributed by atoms with E-state index in [4.69, 9.17) is 14.5 Å². The standard InChI is InChI=1S/C19H37N5O2/c1-4-20-18(21-6-8-22-9-14-26-19(2,3)16-22)24-7-5-17(15-24)23-10-12-25-13-11-23/h17H,4-16H2,1-3H3,(H,20,21). The highest BCUT2D eigenvalue weighted by Crippen LogP contribution is 2.18. The SMILES string of the molecule is CCNC(=NCCN1CCOC(C)(C)C1)N1CCC(N2CCOCC2)C1. The number of rotatable bonds is 5. The zero-order valence-electron chi connectivity index (χ0n) is 16.9. The van der Waals surface area contributed by atoms with Gasteiger partial charge in [0.05, 0.1) is 32.0 Å². The van der Waals surface area contributed by atoms with Crippen molar-refractivity contribution < 1.29 is 9.47 Å². The fourth-order valence-electron chi connectivity index (χ4n) is 4.20. The Morgan fingerprint density at radius 3 is 2.69 bits per heavy atom. The summed E-state index contributed by atoms with van der Waals surface area (Å²) in [6.07, 6.45) is 1.22. The van der Waals surface area contributed by atoms with E-state index in [1.165, 1.54) is 6.42 Å². The highest BCUT2D eigenvalue weighted by molar-refractivity contribution is 5.80. The molecule has 3 aliphatic rings. The first-order chi connectivity index (χ1) is 12.6. The first-order valence-corrected chi connectivity index (χ1v) is 10.3. The number of morpholine rings is 2. The quantitative estimate of drug-likeness (QED) is 0.563. The molecular formula is C19H37N5O2. The minimum Gasteiger partial charge on any atom is -0.379 e. The second-order valence-electron chi connectivity index (χ2n) is 8.16. The van der Waals surface area contributed by atoms with Crippen molar-refractivity contribution in [2.75, 3.05) is 78.7 Å². The maximum absolute atomic E-state index is 5.80. The highest BCUT2D eigenvalue weighted by Gasteiger charge is 2.30. The first-order valence-electron chi connectivity index (χ1n) is 10.3. The molecule has 3 saturated heterocycles. The van der Waals surface area contributed by atoms with Crippen LogP contribution in [-0.4, -0.2) is 111 Å². The van der Waals surface area contributed by atoms with Gasteiger partial charge in [-0.25, -0.2) is 0 Å². The second-order valence-corrected chi connectivity index (χ2v) is 8.16. The van der Waals surface area contributed by atoms with Gasteiger partial charge in [-0.15, -0.1) is 0 Å². The summed E-state index contributed by atoms with van der Waals surface area (Å²) in [5, 5.41) is 3.49. The van der Waals surface area contributed by atoms with E-state index in [0.717, 1.165) is 84.7 Å². The zero-order chi connectivity index (χ0) is 18.4. The molecule has 0 spiro atoms. The molecule has 0 aromatic heterocycles. The van der Waals surface area contributed by atoms with E-state index in [2.05, 4.69) is 40.8 Å². The van der Waals surface area contributed by atoms with Crippen LogP contribution in [0.5, 0.6) is 0 Å². The first kappa shape index (κ1) is 19.9. The van der Waals surface area contributed by atoms with E-state index >= 15 is 0 Å². The molecule has 3 aliphatic heterocycles. The van der Waals surface area contributed by atoms with Crippen LogP contribution in [0.1, 0.15) is 27.2 Å². The van der Waals surface area contributed by atoms with E-state index in [1.807, 2.05) is 0 Å². The lowest BCUT2D eigenvalue weighted by Crippen LogP contribution is -2.49. The molecule has 3 fully saturated rings. The molecule has 0 bridgehead atoms. The van der Waals surface area contributed by atoms with Crippen molar-refractivity contribution in [3.8, 4) is 0 Å². The van der Waals surface area contributed by atoms with Crippen LogP contribution in [0.2, 0.25) is 0 Å². The van der Waals surface area contributed by atoms with Crippen molar-refractivity contribution in [3.05, 3.63) is 0 Å². The highest BCUT2D eigenvalue weighted by atomic mass is 16.5. The van der Waals surface area contributed by atoms with E-state index in [0.29, 0.717) is 6.04 Å². The number of hydrogen-bond donors (Lipinski definition) is 1. The van der Waals surface area contributed by atoms with Crippen LogP contribution in [0.3, 0.4) is 0 Å². The van der Waals surface area contributed by atoms with E-state index in [-0.39, 0.29) is 5.60 Å². The van der Waals surface area contributed by atoms with Crippen LogP contribution < -0.4 is 5.32 Å². The number of hydrogen-bond acceptors (Lipinski definition) is 5. The van der Waals surface area contributed by atoms with Gasteiger partial charge in [0.25, 0.3) is 0 Å². The van der Waals surface area contributed by atoms with Crippen LogP contribution >= 0.6 is 0 Å². The number of nitrogens with zero attached hydrogens (tertiary/aromatic N) is 4. The van der Waals surface area contributed by atoms with Gasteiger partial charge in [0.15, 0.2) is 5.96 Å². The third kappa shape index (κ3) is 5.55. The van der Waals surface area contributed by atoms with Crippen molar-refractivity contribution >= 4 is 5.96 Å². The van der Waals surface area contributed by atoms with Gasteiger partial charge in [-0.3, -0.25) is 14.8 Å². The predicted octanol–water partition coefficient (Wildman–Crippen LogP) is 0.469. The predicted molar refractivity (Wildman–Crippen MR) is 105 cm³/mol. The molecule has 1 N–H and O–H groups in total. The number of aliphatic imine (C=N–C) groups is 1. The molecule has 3 heterocycles. The normalized spacial score (nSPS) is 28.5. The van der Waals surface area contributed by atoms with Crippen LogP contribution in [0.25, 0.3) is 0 Å². The van der Waals surface area contributed by atoms with Crippen molar-refractivity contribution in [2.24, 2.45) is 4.99 Å². The molecule has 0 radical (unpaired) electrons. The van der Waals surface area contributed by atoms with Gasteiger partial charge in [-0.05, 0) is 27.2 Å².